The van der Waals surface area contributed by atoms with Crippen LogP contribution in [0.25, 0.3) is 0 Å². The molecule has 4 nitrogen and oxygen atoms in total. The second-order valence-corrected chi connectivity index (χ2v) is 7.40. The Morgan fingerprint density at radius 3 is 2.68 bits per heavy atom. The molecular weight excluding hydrogens is 261 g/mol. The minimum absolute atomic E-state index is 0.275. The van der Waals surface area contributed by atoms with Gasteiger partial charge in [-0.2, -0.15) is 0 Å². The fourth-order valence-electron chi connectivity index (χ4n) is 2.45. The second-order valence-electron chi connectivity index (χ2n) is 4.91. The Morgan fingerprint density at radius 2 is 2.11 bits per heavy atom. The largest absolute Gasteiger partial charge is 0.393 e. The molecule has 2 rings (SSSR count). The highest BCUT2D eigenvalue weighted by molar-refractivity contribution is 7.64. The van der Waals surface area contributed by atoms with E-state index in [2.05, 4.69) is 6.92 Å². The molecule has 0 spiro atoms. The van der Waals surface area contributed by atoms with Gasteiger partial charge in [0.1, 0.15) is 0 Å². The van der Waals surface area contributed by atoms with Crippen molar-refractivity contribution in [2.75, 3.05) is 20.2 Å². The van der Waals surface area contributed by atoms with Crippen LogP contribution in [-0.2, 0) is 15.5 Å². The van der Waals surface area contributed by atoms with E-state index < -0.39 is 7.52 Å². The topological polar surface area (TPSA) is 49.8 Å². The number of aryl methyl sites for hydroxylation is 1. The number of hydrogen-bond donors (Lipinski definition) is 1. The van der Waals surface area contributed by atoms with E-state index in [1.54, 1.807) is 0 Å². The number of nitrogens with zero attached hydrogens (tertiary/aromatic N) is 1. The van der Waals surface area contributed by atoms with Gasteiger partial charge < -0.3 is 9.63 Å². The van der Waals surface area contributed by atoms with Gasteiger partial charge in [0.2, 0.25) is 0 Å². The van der Waals surface area contributed by atoms with Crippen LogP contribution >= 0.6 is 7.52 Å². The van der Waals surface area contributed by atoms with Crippen LogP contribution in [0, 0.1) is 0 Å². The number of benzene rings is 1. The molecule has 1 fully saturated rings. The van der Waals surface area contributed by atoms with Crippen LogP contribution < -0.4 is 5.30 Å². The standard InChI is InChI=1S/C14H22NO3P/c1-3-12-5-4-6-14(11-12)19(17,18-2)15-9-7-13(16)8-10-15/h4-6,11,13,16H,3,7-10H2,1-2H3. The van der Waals surface area contributed by atoms with Crippen molar-refractivity contribution in [3.8, 4) is 0 Å². The molecule has 1 aliphatic rings. The summed E-state index contributed by atoms with van der Waals surface area (Å²) in [6.45, 7) is 3.30. The normalized spacial score (nSPS) is 21.2. The molecule has 1 aromatic rings. The average molecular weight is 283 g/mol. The number of aliphatic hydroxyl groups excluding tert-OH is 1. The Bertz CT molecular complexity index is 470. The Labute approximate surface area is 114 Å². The molecule has 0 bridgehead atoms. The number of aliphatic hydroxyl groups is 1. The molecule has 1 aliphatic heterocycles. The van der Waals surface area contributed by atoms with Crippen molar-refractivity contribution in [2.24, 2.45) is 0 Å². The summed E-state index contributed by atoms with van der Waals surface area (Å²) in [6, 6.07) is 7.80. The zero-order chi connectivity index (χ0) is 13.9. The summed E-state index contributed by atoms with van der Waals surface area (Å²) in [5.74, 6) is 0. The van der Waals surface area contributed by atoms with Crippen molar-refractivity contribution < 1.29 is 14.2 Å². The minimum Gasteiger partial charge on any atom is -0.393 e. The quantitative estimate of drug-likeness (QED) is 0.860. The highest BCUT2D eigenvalue weighted by Crippen LogP contribution is 2.50. The maximum Gasteiger partial charge on any atom is 0.302 e. The third-order valence-corrected chi connectivity index (χ3v) is 6.28. The summed E-state index contributed by atoms with van der Waals surface area (Å²) < 4.78 is 20.4. The first-order chi connectivity index (χ1) is 9.10. The Kier molecular flexibility index (Phi) is 4.80. The van der Waals surface area contributed by atoms with Gasteiger partial charge in [-0.25, -0.2) is 4.67 Å². The highest BCUT2D eigenvalue weighted by Gasteiger charge is 2.35. The fraction of sp³-hybridized carbons (Fsp3) is 0.571. The molecular formula is C14H22NO3P. The van der Waals surface area contributed by atoms with Crippen LogP contribution in [-0.4, -0.2) is 36.1 Å². The summed E-state index contributed by atoms with van der Waals surface area (Å²) in [6.07, 6.45) is 1.95. The molecule has 1 N–H and O–H groups in total. The monoisotopic (exact) mass is 283 g/mol. The van der Waals surface area contributed by atoms with Crippen LogP contribution in [0.4, 0.5) is 0 Å². The van der Waals surface area contributed by atoms with Crippen molar-refractivity contribution in [2.45, 2.75) is 32.3 Å². The van der Waals surface area contributed by atoms with E-state index >= 15 is 0 Å². The molecule has 0 amide bonds. The molecule has 0 radical (unpaired) electrons. The van der Waals surface area contributed by atoms with Crippen molar-refractivity contribution in [1.82, 2.24) is 4.67 Å². The van der Waals surface area contributed by atoms with Crippen molar-refractivity contribution in [3.63, 3.8) is 0 Å². The first kappa shape index (κ1) is 14.7. The van der Waals surface area contributed by atoms with Gasteiger partial charge in [0, 0.05) is 20.2 Å². The van der Waals surface area contributed by atoms with Crippen LogP contribution in [0.3, 0.4) is 0 Å². The smallest absolute Gasteiger partial charge is 0.302 e. The van der Waals surface area contributed by atoms with Crippen molar-refractivity contribution in [1.29, 1.82) is 0 Å². The second kappa shape index (κ2) is 6.19. The summed E-state index contributed by atoms with van der Waals surface area (Å²) >= 11 is 0. The maximum atomic E-state index is 13.1. The molecule has 0 aliphatic carbocycles. The predicted octanol–water partition coefficient (Wildman–Crippen LogP) is 2.17. The summed E-state index contributed by atoms with van der Waals surface area (Å²) in [7, 11) is -1.47. The lowest BCUT2D eigenvalue weighted by molar-refractivity contribution is 0.108. The Hall–Kier alpha value is -0.670. The molecule has 19 heavy (non-hydrogen) atoms. The first-order valence-corrected chi connectivity index (χ1v) is 8.36. The van der Waals surface area contributed by atoms with Crippen LogP contribution in [0.1, 0.15) is 25.3 Å². The number of piperidine rings is 1. The van der Waals surface area contributed by atoms with Gasteiger partial charge in [-0.1, -0.05) is 19.1 Å². The van der Waals surface area contributed by atoms with E-state index in [1.165, 1.54) is 7.11 Å². The Morgan fingerprint density at radius 1 is 1.42 bits per heavy atom. The van der Waals surface area contributed by atoms with Crippen LogP contribution in [0.5, 0.6) is 0 Å². The van der Waals surface area contributed by atoms with E-state index in [0.717, 1.165) is 17.3 Å². The van der Waals surface area contributed by atoms with E-state index in [9.17, 15) is 9.67 Å². The predicted molar refractivity (Wildman–Crippen MR) is 76.9 cm³/mol. The number of hydrogen-bond acceptors (Lipinski definition) is 3. The van der Waals surface area contributed by atoms with Crippen LogP contribution in [0.15, 0.2) is 24.3 Å². The lowest BCUT2D eigenvalue weighted by Gasteiger charge is -2.34. The van der Waals surface area contributed by atoms with E-state index in [1.807, 2.05) is 28.9 Å². The van der Waals surface area contributed by atoms with Crippen molar-refractivity contribution >= 4 is 12.8 Å². The molecule has 1 heterocycles. The molecule has 1 saturated heterocycles. The molecule has 0 aromatic heterocycles. The third kappa shape index (κ3) is 3.09. The average Bonchev–Trinajstić information content (AvgIpc) is 2.47. The van der Waals surface area contributed by atoms with Gasteiger partial charge in [-0.15, -0.1) is 0 Å². The summed E-state index contributed by atoms with van der Waals surface area (Å²) in [5.41, 5.74) is 1.16. The molecule has 1 unspecified atom stereocenters. The van der Waals surface area contributed by atoms with Gasteiger partial charge in [0.05, 0.1) is 11.4 Å². The SMILES string of the molecule is CCc1cccc(P(=O)(OC)N2CCC(O)CC2)c1. The molecule has 1 aromatic carbocycles. The van der Waals surface area contributed by atoms with Gasteiger partial charge >= 0.3 is 7.52 Å². The third-order valence-electron chi connectivity index (χ3n) is 3.71. The Balaban J connectivity index is 2.28. The van der Waals surface area contributed by atoms with E-state index in [4.69, 9.17) is 4.52 Å². The molecule has 106 valence electrons. The lowest BCUT2D eigenvalue weighted by Crippen LogP contribution is -2.36. The number of rotatable bonds is 4. The lowest BCUT2D eigenvalue weighted by atomic mass is 10.1. The summed E-state index contributed by atoms with van der Waals surface area (Å²) in [4.78, 5) is 0. The molecule has 0 saturated carbocycles. The van der Waals surface area contributed by atoms with Crippen molar-refractivity contribution in [3.05, 3.63) is 29.8 Å². The van der Waals surface area contributed by atoms with Gasteiger partial charge in [0.25, 0.3) is 0 Å². The zero-order valence-electron chi connectivity index (χ0n) is 11.6. The minimum atomic E-state index is -2.97. The molecule has 5 heteroatoms. The van der Waals surface area contributed by atoms with E-state index in [-0.39, 0.29) is 6.10 Å². The van der Waals surface area contributed by atoms with E-state index in [0.29, 0.717) is 25.9 Å². The zero-order valence-corrected chi connectivity index (χ0v) is 12.5. The maximum absolute atomic E-state index is 13.1. The van der Waals surface area contributed by atoms with Gasteiger partial charge in [-0.3, -0.25) is 4.57 Å². The molecule has 1 atom stereocenters. The highest BCUT2D eigenvalue weighted by atomic mass is 31.2. The van der Waals surface area contributed by atoms with Gasteiger partial charge in [-0.05, 0) is 37.0 Å². The fourth-order valence-corrected chi connectivity index (χ4v) is 4.58. The first-order valence-electron chi connectivity index (χ1n) is 6.79. The van der Waals surface area contributed by atoms with Crippen LogP contribution in [0.2, 0.25) is 0 Å². The van der Waals surface area contributed by atoms with Gasteiger partial charge in [0.15, 0.2) is 0 Å². The summed E-state index contributed by atoms with van der Waals surface area (Å²) in [5, 5.41) is 10.3.